The molecule has 1 aliphatic carbocycles. The van der Waals surface area contributed by atoms with Gasteiger partial charge in [-0.15, -0.1) is 0 Å². The zero-order valence-electron chi connectivity index (χ0n) is 14.9. The molecule has 2 aliphatic rings. The molecule has 4 rings (SSSR count). The van der Waals surface area contributed by atoms with Crippen LogP contribution in [0, 0.1) is 5.92 Å². The molecular weight excluding hydrogens is 380 g/mol. The first-order chi connectivity index (χ1) is 13.3. The average Bonchev–Trinajstić information content (AvgIpc) is 3.47. The number of amides is 2. The van der Waals surface area contributed by atoms with Crippen molar-refractivity contribution in [2.24, 2.45) is 5.92 Å². The molecule has 0 unspecified atom stereocenters. The topological polar surface area (TPSA) is 101 Å². The number of carbonyl (C=O) groups is 3. The number of hydrogen-bond acceptors (Lipinski definition) is 5. The zero-order valence-corrected chi connectivity index (χ0v) is 15.7. The predicted molar refractivity (Wildman–Crippen MR) is 102 cm³/mol. The van der Waals surface area contributed by atoms with Crippen molar-refractivity contribution in [3.8, 4) is 0 Å². The van der Waals surface area contributed by atoms with Crippen LogP contribution in [0.5, 0.6) is 0 Å². The van der Waals surface area contributed by atoms with E-state index >= 15 is 0 Å². The lowest BCUT2D eigenvalue weighted by atomic mass is 10.1. The van der Waals surface area contributed by atoms with Gasteiger partial charge in [-0.1, -0.05) is 0 Å². The van der Waals surface area contributed by atoms with Crippen molar-refractivity contribution in [3.63, 3.8) is 0 Å². The van der Waals surface area contributed by atoms with E-state index in [0.29, 0.717) is 16.9 Å². The van der Waals surface area contributed by atoms with Crippen molar-refractivity contribution in [2.75, 3.05) is 9.62 Å². The fourth-order valence-corrected chi connectivity index (χ4v) is 4.20. The number of anilines is 2. The second-order valence-electron chi connectivity index (χ2n) is 6.94. The van der Waals surface area contributed by atoms with Gasteiger partial charge in [-0.2, -0.15) is 0 Å². The van der Waals surface area contributed by atoms with Gasteiger partial charge in [0.15, 0.2) is 5.78 Å². The Bertz CT molecular complexity index is 1040. The first kappa shape index (κ1) is 18.4. The van der Waals surface area contributed by atoms with Crippen LogP contribution in [-0.4, -0.2) is 26.0 Å². The molecule has 1 N–H and O–H groups in total. The van der Waals surface area contributed by atoms with Crippen molar-refractivity contribution < 1.29 is 22.8 Å². The fourth-order valence-electron chi connectivity index (χ4n) is 3.14. The second-order valence-corrected chi connectivity index (χ2v) is 8.62. The molecule has 2 amide bonds. The Morgan fingerprint density at radius 1 is 0.893 bits per heavy atom. The molecule has 8 heteroatoms. The summed E-state index contributed by atoms with van der Waals surface area (Å²) >= 11 is 0. The lowest BCUT2D eigenvalue weighted by Gasteiger charge is -2.14. The predicted octanol–water partition coefficient (Wildman–Crippen LogP) is 2.73. The summed E-state index contributed by atoms with van der Waals surface area (Å²) in [6, 6.07) is 11.9. The maximum absolute atomic E-state index is 12.6. The summed E-state index contributed by atoms with van der Waals surface area (Å²) in [5.41, 5.74) is 1.28. The Balaban J connectivity index is 1.49. The van der Waals surface area contributed by atoms with Crippen LogP contribution in [0.2, 0.25) is 0 Å². The van der Waals surface area contributed by atoms with Gasteiger partial charge in [0, 0.05) is 30.0 Å². The van der Waals surface area contributed by atoms with Crippen LogP contribution in [0.25, 0.3) is 0 Å². The maximum Gasteiger partial charge on any atom is 0.261 e. The fraction of sp³-hybridized carbons (Fsp3) is 0.250. The minimum absolute atomic E-state index is 0.00785. The SMILES string of the molecule is O=C(c1ccc(NS(=O)(=O)c2ccc(N3C(=O)CCC3=O)cc2)cc1)C1CC1. The standard InChI is InChI=1S/C20H18N2O5S/c23-18-11-12-19(24)22(18)16-7-9-17(10-8-16)28(26,27)21-15-5-3-14(4-6-15)20(25)13-1-2-13/h3-10,13,21H,1-2,11-12H2. The van der Waals surface area contributed by atoms with E-state index in [9.17, 15) is 22.8 Å². The van der Waals surface area contributed by atoms with E-state index in [1.165, 1.54) is 24.3 Å². The summed E-state index contributed by atoms with van der Waals surface area (Å²) in [5, 5.41) is 0. The van der Waals surface area contributed by atoms with E-state index in [1.807, 2.05) is 0 Å². The first-order valence-corrected chi connectivity index (χ1v) is 10.5. The van der Waals surface area contributed by atoms with Gasteiger partial charge in [-0.05, 0) is 61.4 Å². The molecule has 28 heavy (non-hydrogen) atoms. The summed E-state index contributed by atoms with van der Waals surface area (Å²) in [7, 11) is -3.84. The average molecular weight is 398 g/mol. The molecular formula is C20H18N2O5S. The normalized spacial score (nSPS) is 17.1. The molecule has 2 aromatic carbocycles. The summed E-state index contributed by atoms with van der Waals surface area (Å²) in [6.07, 6.45) is 2.16. The maximum atomic E-state index is 12.6. The van der Waals surface area contributed by atoms with E-state index in [0.717, 1.165) is 17.7 Å². The van der Waals surface area contributed by atoms with Gasteiger partial charge in [0.05, 0.1) is 10.6 Å². The molecule has 0 atom stereocenters. The highest BCUT2D eigenvalue weighted by Crippen LogP contribution is 2.33. The van der Waals surface area contributed by atoms with Gasteiger partial charge in [0.1, 0.15) is 0 Å². The summed E-state index contributed by atoms with van der Waals surface area (Å²) in [6.45, 7) is 0. The molecule has 1 aliphatic heterocycles. The minimum atomic E-state index is -3.84. The lowest BCUT2D eigenvalue weighted by molar-refractivity contribution is -0.121. The number of carbonyl (C=O) groups excluding carboxylic acids is 3. The Morgan fingerprint density at radius 3 is 2.00 bits per heavy atom. The largest absolute Gasteiger partial charge is 0.294 e. The zero-order chi connectivity index (χ0) is 19.9. The van der Waals surface area contributed by atoms with Crippen LogP contribution in [0.3, 0.4) is 0 Å². The van der Waals surface area contributed by atoms with Gasteiger partial charge < -0.3 is 0 Å². The molecule has 0 bridgehead atoms. The van der Waals surface area contributed by atoms with Gasteiger partial charge in [-0.25, -0.2) is 8.42 Å². The highest BCUT2D eigenvalue weighted by Gasteiger charge is 2.31. The highest BCUT2D eigenvalue weighted by atomic mass is 32.2. The summed E-state index contributed by atoms with van der Waals surface area (Å²) < 4.78 is 27.6. The number of sulfonamides is 1. The Hall–Kier alpha value is -3.00. The van der Waals surface area contributed by atoms with E-state index in [-0.39, 0.29) is 41.3 Å². The minimum Gasteiger partial charge on any atom is -0.294 e. The molecule has 1 saturated heterocycles. The van der Waals surface area contributed by atoms with Gasteiger partial charge in [0.25, 0.3) is 10.0 Å². The molecule has 0 aromatic heterocycles. The van der Waals surface area contributed by atoms with Crippen LogP contribution < -0.4 is 9.62 Å². The van der Waals surface area contributed by atoms with Crippen molar-refractivity contribution in [2.45, 2.75) is 30.6 Å². The lowest BCUT2D eigenvalue weighted by Crippen LogP contribution is -2.28. The monoisotopic (exact) mass is 398 g/mol. The molecule has 144 valence electrons. The molecule has 0 radical (unpaired) electrons. The molecule has 7 nitrogen and oxygen atoms in total. The Labute approximate surface area is 162 Å². The van der Waals surface area contributed by atoms with Gasteiger partial charge in [0.2, 0.25) is 11.8 Å². The van der Waals surface area contributed by atoms with Crippen molar-refractivity contribution in [3.05, 3.63) is 54.1 Å². The number of imide groups is 1. The van der Waals surface area contributed by atoms with E-state index < -0.39 is 10.0 Å². The third-order valence-electron chi connectivity index (χ3n) is 4.83. The number of hydrogen-bond donors (Lipinski definition) is 1. The molecule has 1 saturated carbocycles. The van der Waals surface area contributed by atoms with E-state index in [4.69, 9.17) is 0 Å². The number of nitrogens with one attached hydrogen (secondary N) is 1. The summed E-state index contributed by atoms with van der Waals surface area (Å²) in [4.78, 5) is 36.7. The number of rotatable bonds is 6. The van der Waals surface area contributed by atoms with Crippen LogP contribution in [0.4, 0.5) is 11.4 Å². The highest BCUT2D eigenvalue weighted by molar-refractivity contribution is 7.92. The number of nitrogens with zero attached hydrogens (tertiary/aromatic N) is 1. The smallest absolute Gasteiger partial charge is 0.261 e. The second kappa shape index (κ2) is 6.87. The van der Waals surface area contributed by atoms with Crippen LogP contribution in [0.15, 0.2) is 53.4 Å². The van der Waals surface area contributed by atoms with Crippen LogP contribution in [-0.2, 0) is 19.6 Å². The molecule has 2 aromatic rings. The van der Waals surface area contributed by atoms with Gasteiger partial charge >= 0.3 is 0 Å². The van der Waals surface area contributed by atoms with Crippen LogP contribution in [0.1, 0.15) is 36.0 Å². The van der Waals surface area contributed by atoms with Gasteiger partial charge in [-0.3, -0.25) is 24.0 Å². The number of Topliss-reactive ketones (excluding diaryl/α,β-unsaturated/α-hetero) is 1. The van der Waals surface area contributed by atoms with Crippen LogP contribution >= 0.6 is 0 Å². The first-order valence-electron chi connectivity index (χ1n) is 8.98. The molecule has 2 fully saturated rings. The third-order valence-corrected chi connectivity index (χ3v) is 6.22. The van der Waals surface area contributed by atoms with Crippen molar-refractivity contribution >= 4 is 39.0 Å². The molecule has 1 heterocycles. The van der Waals surface area contributed by atoms with E-state index in [2.05, 4.69) is 4.72 Å². The number of benzene rings is 2. The summed E-state index contributed by atoms with van der Waals surface area (Å²) in [5.74, 6) is -0.384. The third kappa shape index (κ3) is 3.55. The van der Waals surface area contributed by atoms with E-state index in [1.54, 1.807) is 24.3 Å². The Kier molecular flexibility index (Phi) is 4.50. The van der Waals surface area contributed by atoms with Crippen molar-refractivity contribution in [1.82, 2.24) is 0 Å². The quantitative estimate of drug-likeness (QED) is 0.596. The van der Waals surface area contributed by atoms with Crippen molar-refractivity contribution in [1.29, 1.82) is 0 Å². The number of ketones is 1. The Morgan fingerprint density at radius 2 is 1.46 bits per heavy atom. The molecule has 0 spiro atoms.